The fourth-order valence-corrected chi connectivity index (χ4v) is 2.41. The Bertz CT molecular complexity index is 692. The highest BCUT2D eigenvalue weighted by molar-refractivity contribution is 5.82. The van der Waals surface area contributed by atoms with Crippen LogP contribution in [0.25, 0.3) is 0 Å². The minimum absolute atomic E-state index is 0.00727. The van der Waals surface area contributed by atoms with Crippen LogP contribution in [0.3, 0.4) is 0 Å². The van der Waals surface area contributed by atoms with Crippen LogP contribution in [0, 0.1) is 17.2 Å². The average Bonchev–Trinajstić information content (AvgIpc) is 3.38. The van der Waals surface area contributed by atoms with E-state index in [0.29, 0.717) is 0 Å². The van der Waals surface area contributed by atoms with Crippen LogP contribution >= 0.6 is 0 Å². The van der Waals surface area contributed by atoms with Crippen LogP contribution < -0.4 is 20.1 Å². The number of nitrogens with one attached hydrogen (secondary N) is 2. The summed E-state index contributed by atoms with van der Waals surface area (Å²) in [6.45, 7) is -5.02. The van der Waals surface area contributed by atoms with Crippen LogP contribution in [-0.2, 0) is 4.79 Å². The van der Waals surface area contributed by atoms with Gasteiger partial charge in [-0.05, 0) is 37.8 Å². The molecule has 1 unspecified atom stereocenters. The second-order valence-corrected chi connectivity index (χ2v) is 5.91. The molecule has 1 amide bonds. The van der Waals surface area contributed by atoms with E-state index >= 15 is 0 Å². The van der Waals surface area contributed by atoms with Gasteiger partial charge < -0.3 is 20.1 Å². The van der Waals surface area contributed by atoms with Gasteiger partial charge in [-0.1, -0.05) is 0 Å². The summed E-state index contributed by atoms with van der Waals surface area (Å²) in [7, 11) is 0. The second kappa shape index (κ2) is 8.12. The summed E-state index contributed by atoms with van der Waals surface area (Å²) in [5, 5.41) is 14.4. The van der Waals surface area contributed by atoms with Gasteiger partial charge in [-0.2, -0.15) is 22.8 Å². The van der Waals surface area contributed by atoms with E-state index in [4.69, 9.17) is 0 Å². The highest BCUT2D eigenvalue weighted by atomic mass is 19.3. The van der Waals surface area contributed by atoms with E-state index < -0.39 is 30.4 Å². The Kier molecular flexibility index (Phi) is 6.13. The summed E-state index contributed by atoms with van der Waals surface area (Å²) in [5.41, 5.74) is -0.997. The highest BCUT2D eigenvalue weighted by Gasteiger charge is 2.42. The van der Waals surface area contributed by atoms with Gasteiger partial charge in [0.05, 0.1) is 18.3 Å². The van der Waals surface area contributed by atoms with Crippen LogP contribution in [0.4, 0.5) is 23.2 Å². The minimum atomic E-state index is -3.19. The van der Waals surface area contributed by atoms with Crippen molar-refractivity contribution in [3.8, 4) is 17.6 Å². The molecule has 0 bridgehead atoms. The first-order valence-electron chi connectivity index (χ1n) is 7.73. The number of halogens is 4. The maximum absolute atomic E-state index is 12.5. The summed E-state index contributed by atoms with van der Waals surface area (Å²) in [4.78, 5) is 12.0. The topological polar surface area (TPSA) is 83.4 Å². The van der Waals surface area contributed by atoms with Gasteiger partial charge in [-0.3, -0.25) is 4.79 Å². The molecule has 1 atom stereocenters. The molecule has 26 heavy (non-hydrogen) atoms. The molecule has 0 aromatic heterocycles. The Morgan fingerprint density at radius 1 is 1.31 bits per heavy atom. The van der Waals surface area contributed by atoms with Crippen LogP contribution in [0.1, 0.15) is 19.8 Å². The Morgan fingerprint density at radius 3 is 2.50 bits per heavy atom. The molecule has 2 N–H and O–H groups in total. The minimum Gasteiger partial charge on any atom is -0.435 e. The number of rotatable bonds is 9. The van der Waals surface area contributed by atoms with Crippen molar-refractivity contribution in [2.75, 3.05) is 11.9 Å². The van der Waals surface area contributed by atoms with E-state index in [2.05, 4.69) is 26.2 Å². The smallest absolute Gasteiger partial charge is 0.387 e. The number of ether oxygens (including phenoxy) is 2. The zero-order valence-electron chi connectivity index (χ0n) is 13.8. The molecule has 0 heterocycles. The Labute approximate surface area is 147 Å². The number of nitriles is 1. The number of benzene rings is 1. The molecule has 2 rings (SSSR count). The standard InChI is InChI=1S/C16H17F4N3O3/c1-16(8-21,9-2-3-9)23-13(24)7-22-11-5-4-10(25-14(17)18)6-12(11)26-15(19)20/h4-6,9,14-15,22H,2-3,7H2,1H3,(H,23,24). The molecule has 1 aromatic carbocycles. The zero-order valence-corrected chi connectivity index (χ0v) is 13.8. The Hall–Kier alpha value is -2.70. The number of carbonyl (C=O) groups excluding carboxylic acids is 1. The first-order valence-corrected chi connectivity index (χ1v) is 7.73. The molecular formula is C16H17F4N3O3. The molecule has 1 aliphatic rings. The molecule has 6 nitrogen and oxygen atoms in total. The average molecular weight is 375 g/mol. The Morgan fingerprint density at radius 2 is 1.96 bits per heavy atom. The fraction of sp³-hybridized carbons (Fsp3) is 0.500. The lowest BCUT2D eigenvalue weighted by Crippen LogP contribution is -2.48. The number of hydrogen-bond acceptors (Lipinski definition) is 5. The number of anilines is 1. The van der Waals surface area contributed by atoms with E-state index in [1.54, 1.807) is 6.92 Å². The molecular weight excluding hydrogens is 358 g/mol. The molecule has 1 fully saturated rings. The third-order valence-electron chi connectivity index (χ3n) is 3.86. The fourth-order valence-electron chi connectivity index (χ4n) is 2.41. The maximum atomic E-state index is 12.5. The van der Waals surface area contributed by atoms with Crippen molar-refractivity contribution in [1.29, 1.82) is 5.26 Å². The van der Waals surface area contributed by atoms with E-state index in [-0.39, 0.29) is 23.9 Å². The van der Waals surface area contributed by atoms with Crippen molar-refractivity contribution in [1.82, 2.24) is 5.32 Å². The molecule has 0 radical (unpaired) electrons. The monoisotopic (exact) mass is 375 g/mol. The van der Waals surface area contributed by atoms with Gasteiger partial charge in [-0.15, -0.1) is 0 Å². The van der Waals surface area contributed by atoms with E-state index in [0.717, 1.165) is 25.0 Å². The SMILES string of the molecule is CC(C#N)(NC(=O)CNc1ccc(OC(F)F)cc1OC(F)F)C1CC1. The lowest BCUT2D eigenvalue weighted by molar-refractivity contribution is -0.120. The molecule has 142 valence electrons. The number of nitrogens with zero attached hydrogens (tertiary/aromatic N) is 1. The first-order chi connectivity index (χ1) is 12.2. The highest BCUT2D eigenvalue weighted by Crippen LogP contribution is 2.39. The van der Waals surface area contributed by atoms with Crippen molar-refractivity contribution in [2.45, 2.75) is 38.5 Å². The molecule has 0 aliphatic heterocycles. The summed E-state index contributed by atoms with van der Waals surface area (Å²) < 4.78 is 57.9. The van der Waals surface area contributed by atoms with Gasteiger partial charge in [0.15, 0.2) is 5.75 Å². The van der Waals surface area contributed by atoms with Crippen LogP contribution in [-0.4, -0.2) is 31.2 Å². The van der Waals surface area contributed by atoms with E-state index in [1.165, 1.54) is 6.07 Å². The summed E-state index contributed by atoms with van der Waals surface area (Å²) in [5.74, 6) is -1.25. The molecule has 1 aromatic rings. The molecule has 1 aliphatic carbocycles. The Balaban J connectivity index is 2.03. The van der Waals surface area contributed by atoms with Crippen molar-refractivity contribution in [2.24, 2.45) is 5.92 Å². The predicted octanol–water partition coefficient (Wildman–Crippen LogP) is 3.11. The van der Waals surface area contributed by atoms with Crippen molar-refractivity contribution >= 4 is 11.6 Å². The summed E-state index contributed by atoms with van der Waals surface area (Å²) in [6, 6.07) is 5.22. The van der Waals surface area contributed by atoms with Crippen molar-refractivity contribution < 1.29 is 31.8 Å². The van der Waals surface area contributed by atoms with E-state index in [9.17, 15) is 27.6 Å². The van der Waals surface area contributed by atoms with Gasteiger partial charge >= 0.3 is 13.2 Å². The van der Waals surface area contributed by atoms with Gasteiger partial charge in [0, 0.05) is 6.07 Å². The third kappa shape index (κ3) is 5.40. The van der Waals surface area contributed by atoms with Gasteiger partial charge in [0.2, 0.25) is 5.91 Å². The second-order valence-electron chi connectivity index (χ2n) is 5.91. The number of carbonyl (C=O) groups is 1. The van der Waals surface area contributed by atoms with E-state index in [1.807, 2.05) is 0 Å². The first kappa shape index (κ1) is 19.6. The van der Waals surface area contributed by atoms with Crippen LogP contribution in [0.15, 0.2) is 18.2 Å². The largest absolute Gasteiger partial charge is 0.435 e. The summed E-state index contributed by atoms with van der Waals surface area (Å²) in [6.07, 6.45) is 1.69. The van der Waals surface area contributed by atoms with Gasteiger partial charge in [-0.25, -0.2) is 0 Å². The molecule has 10 heteroatoms. The molecule has 1 saturated carbocycles. The number of amides is 1. The predicted molar refractivity (Wildman–Crippen MR) is 83.1 cm³/mol. The number of alkyl halides is 4. The lowest BCUT2D eigenvalue weighted by atomic mass is 9.98. The normalized spacial score (nSPS) is 15.9. The third-order valence-corrected chi connectivity index (χ3v) is 3.86. The van der Waals surface area contributed by atoms with Crippen molar-refractivity contribution in [3.63, 3.8) is 0 Å². The molecule has 0 saturated heterocycles. The van der Waals surface area contributed by atoms with Crippen LogP contribution in [0.5, 0.6) is 11.5 Å². The van der Waals surface area contributed by atoms with Crippen LogP contribution in [0.2, 0.25) is 0 Å². The quantitative estimate of drug-likeness (QED) is 0.648. The van der Waals surface area contributed by atoms with Gasteiger partial charge in [0.1, 0.15) is 11.3 Å². The maximum Gasteiger partial charge on any atom is 0.387 e. The van der Waals surface area contributed by atoms with Crippen molar-refractivity contribution in [3.05, 3.63) is 18.2 Å². The zero-order chi connectivity index (χ0) is 19.3. The summed E-state index contributed by atoms with van der Waals surface area (Å²) >= 11 is 0. The molecule has 0 spiro atoms. The lowest BCUT2D eigenvalue weighted by Gasteiger charge is -2.23. The number of hydrogen-bond donors (Lipinski definition) is 2. The van der Waals surface area contributed by atoms with Gasteiger partial charge in [0.25, 0.3) is 0 Å².